The smallest absolute Gasteiger partial charge is 0.217 e. The number of amides is 1. The Labute approximate surface area is 210 Å². The van der Waals surface area contributed by atoms with Gasteiger partial charge in [0, 0.05) is 30.8 Å². The maximum Gasteiger partial charge on any atom is 0.217 e. The Hall–Kier alpha value is -3.28. The monoisotopic (exact) mass is 475 g/mol. The number of carbonyl (C=O) groups is 1. The van der Waals surface area contributed by atoms with Crippen LogP contribution >= 0.6 is 0 Å². The number of hydrogen-bond donors (Lipinski definition) is 4. The highest BCUT2D eigenvalue weighted by molar-refractivity contribution is 6.05. The number of allylic oxidation sites excluding steroid dienone is 1. The third-order valence-corrected chi connectivity index (χ3v) is 6.09. The lowest BCUT2D eigenvalue weighted by Crippen LogP contribution is -2.35. The fourth-order valence-electron chi connectivity index (χ4n) is 4.38. The molecule has 4 N–H and O–H groups in total. The summed E-state index contributed by atoms with van der Waals surface area (Å²) >= 11 is 0. The van der Waals surface area contributed by atoms with Crippen LogP contribution in [0.3, 0.4) is 0 Å². The number of aliphatic imine (C=N–C) groups is 1. The third-order valence-electron chi connectivity index (χ3n) is 6.09. The first kappa shape index (κ1) is 26.3. The van der Waals surface area contributed by atoms with Gasteiger partial charge in [0.25, 0.3) is 0 Å². The Balaban J connectivity index is 0.000000287. The summed E-state index contributed by atoms with van der Waals surface area (Å²) in [5, 5.41) is 13.4. The van der Waals surface area contributed by atoms with Gasteiger partial charge in [-0.15, -0.1) is 0 Å². The fraction of sp³-hybridized carbons (Fsp3) is 0.448. The predicted octanol–water partition coefficient (Wildman–Crippen LogP) is 5.85. The van der Waals surface area contributed by atoms with E-state index in [0.29, 0.717) is 6.04 Å². The van der Waals surface area contributed by atoms with Gasteiger partial charge in [-0.2, -0.15) is 0 Å². The number of rotatable bonds is 7. The topological polar surface area (TPSA) is 77.6 Å². The summed E-state index contributed by atoms with van der Waals surface area (Å²) in [5.41, 5.74) is 3.34. The quantitative estimate of drug-likeness (QED) is 0.405. The molecular formula is C29H41N5O. The molecule has 1 unspecified atom stereocenters. The van der Waals surface area contributed by atoms with Crippen molar-refractivity contribution in [2.45, 2.75) is 77.9 Å². The molecule has 1 aliphatic carbocycles. The number of amidine groups is 1. The molecule has 1 fully saturated rings. The molecule has 0 aromatic heterocycles. The van der Waals surface area contributed by atoms with E-state index in [1.807, 2.05) is 24.3 Å². The molecule has 0 bridgehead atoms. The maximum absolute atomic E-state index is 10.6. The zero-order valence-electron chi connectivity index (χ0n) is 21.4. The second kappa shape index (κ2) is 14.2. The van der Waals surface area contributed by atoms with E-state index in [2.05, 4.69) is 71.5 Å². The molecule has 35 heavy (non-hydrogen) atoms. The minimum Gasteiger partial charge on any atom is -0.372 e. The molecule has 1 heterocycles. The van der Waals surface area contributed by atoms with Crippen LogP contribution in [0.25, 0.3) is 0 Å². The van der Waals surface area contributed by atoms with Gasteiger partial charge in [0.2, 0.25) is 5.91 Å². The van der Waals surface area contributed by atoms with Crippen LogP contribution in [0, 0.1) is 0 Å². The molecule has 1 amide bonds. The molecular weight excluding hydrogens is 434 g/mol. The van der Waals surface area contributed by atoms with Crippen LogP contribution in [0.1, 0.15) is 83.0 Å². The van der Waals surface area contributed by atoms with Gasteiger partial charge in [-0.1, -0.05) is 75.6 Å². The lowest BCUT2D eigenvalue weighted by atomic mass is 9.95. The van der Waals surface area contributed by atoms with Gasteiger partial charge < -0.3 is 21.3 Å². The molecule has 2 aromatic rings. The van der Waals surface area contributed by atoms with Crippen LogP contribution in [0.5, 0.6) is 0 Å². The average Bonchev–Trinajstić information content (AvgIpc) is 2.88. The number of nitrogens with zero attached hydrogens (tertiary/aromatic N) is 1. The van der Waals surface area contributed by atoms with Crippen molar-refractivity contribution in [3.05, 3.63) is 77.6 Å². The zero-order chi connectivity index (χ0) is 24.9. The van der Waals surface area contributed by atoms with Crippen LogP contribution < -0.4 is 21.3 Å². The maximum atomic E-state index is 10.6. The Kier molecular flexibility index (Phi) is 10.7. The van der Waals surface area contributed by atoms with E-state index in [4.69, 9.17) is 4.99 Å². The lowest BCUT2D eigenvalue weighted by molar-refractivity contribution is -0.119. The molecule has 188 valence electrons. The molecule has 6 heteroatoms. The van der Waals surface area contributed by atoms with Crippen LogP contribution in [-0.2, 0) is 4.79 Å². The molecule has 0 saturated heterocycles. The van der Waals surface area contributed by atoms with Crippen molar-refractivity contribution < 1.29 is 4.79 Å². The highest BCUT2D eigenvalue weighted by Crippen LogP contribution is 2.29. The van der Waals surface area contributed by atoms with E-state index in [1.165, 1.54) is 32.1 Å². The minimum absolute atomic E-state index is 0.0901. The van der Waals surface area contributed by atoms with Crippen LogP contribution in [0.4, 0.5) is 5.69 Å². The summed E-state index contributed by atoms with van der Waals surface area (Å²) in [5.74, 6) is 2.03. The van der Waals surface area contributed by atoms with Gasteiger partial charge in [-0.3, -0.25) is 4.79 Å². The first-order chi connectivity index (χ1) is 17.1. The highest BCUT2D eigenvalue weighted by Gasteiger charge is 2.21. The Morgan fingerprint density at radius 1 is 1.03 bits per heavy atom. The summed E-state index contributed by atoms with van der Waals surface area (Å²) < 4.78 is 0. The van der Waals surface area contributed by atoms with Crippen LogP contribution in [0.15, 0.2) is 71.5 Å². The van der Waals surface area contributed by atoms with Crippen LogP contribution in [-0.4, -0.2) is 24.3 Å². The van der Waals surface area contributed by atoms with Gasteiger partial charge >= 0.3 is 0 Å². The first-order valence-corrected chi connectivity index (χ1v) is 13.1. The second-order valence-electron chi connectivity index (χ2n) is 9.09. The average molecular weight is 476 g/mol. The van der Waals surface area contributed by atoms with E-state index in [1.54, 1.807) is 6.92 Å². The van der Waals surface area contributed by atoms with Gasteiger partial charge in [0.1, 0.15) is 17.8 Å². The molecule has 0 radical (unpaired) electrons. The number of anilines is 1. The van der Waals surface area contributed by atoms with Crippen molar-refractivity contribution in [2.24, 2.45) is 4.99 Å². The normalized spacial score (nSPS) is 17.6. The molecule has 2 aliphatic rings. The molecule has 2 aromatic carbocycles. The van der Waals surface area contributed by atoms with E-state index < -0.39 is 0 Å². The fourth-order valence-corrected chi connectivity index (χ4v) is 4.38. The summed E-state index contributed by atoms with van der Waals surface area (Å²) in [7, 11) is 0. The number of hydrogen-bond acceptors (Lipinski definition) is 5. The number of nitrogens with one attached hydrogen (secondary N) is 4. The highest BCUT2D eigenvalue weighted by atomic mass is 16.1. The Bertz CT molecular complexity index is 980. The van der Waals surface area contributed by atoms with Crippen molar-refractivity contribution in [1.82, 2.24) is 16.0 Å². The minimum atomic E-state index is -0.0901. The largest absolute Gasteiger partial charge is 0.372 e. The molecule has 1 saturated carbocycles. The number of carbonyl (C=O) groups excluding carboxylic acids is 1. The van der Waals surface area contributed by atoms with Gasteiger partial charge in [0.05, 0.1) is 0 Å². The van der Waals surface area contributed by atoms with Crippen molar-refractivity contribution in [3.8, 4) is 0 Å². The van der Waals surface area contributed by atoms with Crippen molar-refractivity contribution in [2.75, 3.05) is 11.9 Å². The summed E-state index contributed by atoms with van der Waals surface area (Å²) in [6.45, 7) is 6.84. The SMILES string of the molecule is CC(=O)NC1CCCCC1.CC/C=C(\NCCC)NC1=NC(c2ccccc2)Nc2ccccc21. The van der Waals surface area contributed by atoms with E-state index in [-0.39, 0.29) is 12.1 Å². The van der Waals surface area contributed by atoms with Gasteiger partial charge in [-0.25, -0.2) is 4.99 Å². The van der Waals surface area contributed by atoms with Crippen molar-refractivity contribution >= 4 is 17.4 Å². The van der Waals surface area contributed by atoms with Gasteiger partial charge in [0.15, 0.2) is 0 Å². The zero-order valence-corrected chi connectivity index (χ0v) is 21.4. The third kappa shape index (κ3) is 8.46. The molecule has 6 nitrogen and oxygen atoms in total. The number of para-hydroxylation sites is 1. The Morgan fingerprint density at radius 2 is 1.74 bits per heavy atom. The van der Waals surface area contributed by atoms with E-state index >= 15 is 0 Å². The van der Waals surface area contributed by atoms with Crippen molar-refractivity contribution in [3.63, 3.8) is 0 Å². The summed E-state index contributed by atoms with van der Waals surface area (Å²) in [4.78, 5) is 15.5. The molecule has 4 rings (SSSR count). The van der Waals surface area contributed by atoms with Gasteiger partial charge in [-0.05, 0) is 49.5 Å². The lowest BCUT2D eigenvalue weighted by Gasteiger charge is -2.27. The van der Waals surface area contributed by atoms with Crippen LogP contribution in [0.2, 0.25) is 0 Å². The van der Waals surface area contributed by atoms with E-state index in [9.17, 15) is 4.79 Å². The summed E-state index contributed by atoms with van der Waals surface area (Å²) in [6.07, 6.45) is 10.4. The molecule has 0 spiro atoms. The second-order valence-corrected chi connectivity index (χ2v) is 9.09. The predicted molar refractivity (Wildman–Crippen MR) is 146 cm³/mol. The number of fused-ring (bicyclic) bond motifs is 1. The van der Waals surface area contributed by atoms with E-state index in [0.717, 1.165) is 47.9 Å². The summed E-state index contributed by atoms with van der Waals surface area (Å²) in [6, 6.07) is 19.1. The number of benzene rings is 2. The standard InChI is InChI=1S/C21H26N4.C8H15NO/c1-3-10-19(22-15-4-2)24-21-17-13-8-9-14-18(17)23-20(25-21)16-11-6-5-7-12-16;1-7(10)9-8-5-3-2-4-6-8/h5-14,20,22-23H,3-4,15H2,1-2H3,(H,24,25);8H,2-6H2,1H3,(H,9,10)/b19-10+;. The van der Waals surface area contributed by atoms with Crippen molar-refractivity contribution in [1.29, 1.82) is 0 Å². The Morgan fingerprint density at radius 3 is 2.43 bits per heavy atom. The molecule has 1 aliphatic heterocycles. The molecule has 1 atom stereocenters. The first-order valence-electron chi connectivity index (χ1n) is 13.1.